The minimum Gasteiger partial charge on any atom is -0.460 e. The summed E-state index contributed by atoms with van der Waals surface area (Å²) in [6.45, 7) is 19.7. The third-order valence-corrected chi connectivity index (χ3v) is 13.0. The zero-order chi connectivity index (χ0) is 56.6. The van der Waals surface area contributed by atoms with Gasteiger partial charge in [-0.3, -0.25) is 43.2 Å². The Morgan fingerprint density at radius 2 is 0.770 bits per heavy atom. The molecule has 1 aliphatic heterocycles. The molecule has 0 aromatic rings. The first-order valence-corrected chi connectivity index (χ1v) is 26.3. The van der Waals surface area contributed by atoms with E-state index in [-0.39, 0.29) is 63.6 Å². The molecular formula is C50H92N12O12. The van der Waals surface area contributed by atoms with Crippen LogP contribution in [0.2, 0.25) is 0 Å². The van der Waals surface area contributed by atoms with Crippen molar-refractivity contribution < 1.29 is 57.8 Å². The predicted molar refractivity (Wildman–Crippen MR) is 277 cm³/mol. The molecule has 1 heterocycles. The summed E-state index contributed by atoms with van der Waals surface area (Å²) in [5, 5.41) is 34.3. The third-order valence-electron chi connectivity index (χ3n) is 13.0. The van der Waals surface area contributed by atoms with E-state index in [2.05, 4.69) is 47.9 Å². The Morgan fingerprint density at radius 1 is 0.446 bits per heavy atom. The van der Waals surface area contributed by atoms with Crippen molar-refractivity contribution in [2.45, 2.75) is 195 Å². The van der Waals surface area contributed by atoms with Gasteiger partial charge in [-0.15, -0.1) is 0 Å². The van der Waals surface area contributed by atoms with Gasteiger partial charge in [0.05, 0.1) is 13.0 Å². The van der Waals surface area contributed by atoms with Gasteiger partial charge < -0.3 is 74.9 Å². The third kappa shape index (κ3) is 22.2. The second kappa shape index (κ2) is 33.5. The Kier molecular flexibility index (Phi) is 30.1. The van der Waals surface area contributed by atoms with Gasteiger partial charge in [-0.2, -0.15) is 0 Å². The molecule has 0 aliphatic carbocycles. The molecule has 0 spiro atoms. The molecule has 11 unspecified atom stereocenters. The van der Waals surface area contributed by atoms with Crippen LogP contribution in [0.4, 0.5) is 0 Å². The smallest absolute Gasteiger partial charge is 0.331 e. The monoisotopic (exact) mass is 1050 g/mol. The number of esters is 1. The predicted octanol–water partition coefficient (Wildman–Crippen LogP) is -1.80. The quantitative estimate of drug-likeness (QED) is 0.0715. The highest BCUT2D eigenvalue weighted by molar-refractivity contribution is 5.98. The molecule has 0 bridgehead atoms. The number of aliphatic hydroxyl groups is 1. The zero-order valence-electron chi connectivity index (χ0n) is 45.9. The van der Waals surface area contributed by atoms with Crippen LogP contribution in [0.1, 0.15) is 134 Å². The Bertz CT molecular complexity index is 1870. The molecule has 0 aromatic carbocycles. The maximum Gasteiger partial charge on any atom is 0.331 e. The van der Waals surface area contributed by atoms with E-state index in [0.29, 0.717) is 12.8 Å². The highest BCUT2D eigenvalue weighted by Crippen LogP contribution is 2.18. The van der Waals surface area contributed by atoms with Gasteiger partial charge in [-0.05, 0) is 87.2 Å². The Labute approximate surface area is 437 Å². The summed E-state index contributed by atoms with van der Waals surface area (Å²) >= 11 is 0. The zero-order valence-corrected chi connectivity index (χ0v) is 45.9. The van der Waals surface area contributed by atoms with Crippen LogP contribution >= 0.6 is 0 Å². The molecule has 24 heteroatoms. The summed E-state index contributed by atoms with van der Waals surface area (Å²) < 4.78 is 5.75. The summed E-state index contributed by atoms with van der Waals surface area (Å²) in [7, 11) is 0. The van der Waals surface area contributed by atoms with Gasteiger partial charge in [-0.25, -0.2) is 4.79 Å². The largest absolute Gasteiger partial charge is 0.460 e. The van der Waals surface area contributed by atoms with Crippen molar-refractivity contribution in [2.24, 2.45) is 52.7 Å². The second-order valence-corrected chi connectivity index (χ2v) is 21.0. The minimum absolute atomic E-state index is 0.0595. The lowest BCUT2D eigenvalue weighted by atomic mass is 9.96. The van der Waals surface area contributed by atoms with Gasteiger partial charge >= 0.3 is 5.97 Å². The highest BCUT2D eigenvalue weighted by Gasteiger charge is 2.38. The number of aliphatic hydroxyl groups excluding tert-OH is 1. The number of hydrogen-bond donors (Lipinski definition) is 13. The number of hydrogen-bond acceptors (Lipinski definition) is 15. The molecule has 1 saturated heterocycles. The summed E-state index contributed by atoms with van der Waals surface area (Å²) in [4.78, 5) is 140. The molecule has 12 atom stereocenters. The van der Waals surface area contributed by atoms with E-state index < -0.39 is 156 Å². The second-order valence-electron chi connectivity index (χ2n) is 21.0. The first-order valence-electron chi connectivity index (χ1n) is 26.3. The van der Waals surface area contributed by atoms with Crippen molar-refractivity contribution >= 4 is 59.1 Å². The van der Waals surface area contributed by atoms with Crippen LogP contribution in [-0.4, -0.2) is 151 Å². The number of ether oxygens (including phenoxy) is 1. The lowest BCUT2D eigenvalue weighted by Crippen LogP contribution is -2.62. The number of cyclic esters (lactones) is 1. The van der Waals surface area contributed by atoms with Crippen molar-refractivity contribution in [3.63, 3.8) is 0 Å². The number of carbonyl (C=O) groups is 10. The normalized spacial score (nSPS) is 27.6. The summed E-state index contributed by atoms with van der Waals surface area (Å²) in [5.41, 5.74) is 17.7. The van der Waals surface area contributed by atoms with Gasteiger partial charge in [0.25, 0.3) is 0 Å². The van der Waals surface area contributed by atoms with E-state index in [1.165, 1.54) is 0 Å². The van der Waals surface area contributed by atoms with Crippen molar-refractivity contribution in [1.29, 1.82) is 0 Å². The Hall–Kier alpha value is -5.46. The van der Waals surface area contributed by atoms with E-state index in [0.717, 1.165) is 0 Å². The fourth-order valence-electron chi connectivity index (χ4n) is 8.04. The average Bonchev–Trinajstić information content (AvgIpc) is 3.32. The van der Waals surface area contributed by atoms with Crippen LogP contribution in [0.25, 0.3) is 0 Å². The lowest BCUT2D eigenvalue weighted by Gasteiger charge is -2.31. The van der Waals surface area contributed by atoms with E-state index in [9.17, 15) is 53.1 Å². The first-order chi connectivity index (χ1) is 34.7. The molecule has 9 amide bonds. The molecular weight excluding hydrogens is 961 g/mol. The number of nitrogens with two attached hydrogens (primary N) is 3. The maximum absolute atomic E-state index is 14.2. The van der Waals surface area contributed by atoms with Crippen LogP contribution in [0.5, 0.6) is 0 Å². The lowest BCUT2D eigenvalue weighted by molar-refractivity contribution is -0.158. The molecule has 424 valence electrons. The number of rotatable bonds is 17. The molecule has 0 saturated carbocycles. The van der Waals surface area contributed by atoms with E-state index in [1.54, 1.807) is 69.2 Å². The molecule has 1 aliphatic rings. The van der Waals surface area contributed by atoms with Crippen molar-refractivity contribution in [2.75, 3.05) is 26.2 Å². The van der Waals surface area contributed by atoms with Crippen LogP contribution in [0.15, 0.2) is 0 Å². The van der Waals surface area contributed by atoms with E-state index in [1.807, 2.05) is 13.8 Å². The van der Waals surface area contributed by atoms with Crippen molar-refractivity contribution in [1.82, 2.24) is 47.9 Å². The number of nitrogens with one attached hydrogen (secondary N) is 9. The van der Waals surface area contributed by atoms with Gasteiger partial charge in [0.2, 0.25) is 53.2 Å². The minimum atomic E-state index is -1.65. The van der Waals surface area contributed by atoms with Crippen LogP contribution in [0, 0.1) is 35.5 Å². The summed E-state index contributed by atoms with van der Waals surface area (Å²) in [6, 6.07) is -11.8. The topological polar surface area (TPSA) is 386 Å². The highest BCUT2D eigenvalue weighted by atomic mass is 16.5. The summed E-state index contributed by atoms with van der Waals surface area (Å²) in [5.74, 6) is -10.5. The van der Waals surface area contributed by atoms with Crippen molar-refractivity contribution in [3.05, 3.63) is 0 Å². The van der Waals surface area contributed by atoms with E-state index in [4.69, 9.17) is 21.9 Å². The van der Waals surface area contributed by atoms with Gasteiger partial charge in [0, 0.05) is 0 Å². The van der Waals surface area contributed by atoms with Gasteiger partial charge in [0.1, 0.15) is 54.4 Å². The molecule has 16 N–H and O–H groups in total. The number of amides is 9. The Morgan fingerprint density at radius 3 is 1.12 bits per heavy atom. The van der Waals surface area contributed by atoms with Gasteiger partial charge in [-0.1, -0.05) is 95.9 Å². The Balaban J connectivity index is 4.00. The SMILES string of the molecule is CCC(C)C1CC(=O)NC(CCN)C(=O)N[C@@H](C(C)C)C(=O)NC(CCN)C(=O)NC(C(C)CC)C(=O)NC(CC(C)C)C(=O)NC(CCN)C(=O)NC(C(C)C)C(=O)NC(CC(C)C)C(=O)NC(CO)C(=O)O1. The van der Waals surface area contributed by atoms with E-state index >= 15 is 0 Å². The standard InChI is InChI=1S/C50H92N12O12/c1-13-29(11)37-23-38(64)54-31(15-18-51)42(65)60-39(27(7)8)47(70)56-33(17-20-53)44(67)62-41(30(12)14-2)49(72)58-34(21-25(3)4)45(68)55-32(16-19-52)43(66)61-40(28(9)10)48(71)57-35(22-26(5)6)46(69)59-36(24-63)50(73)74-37/h25-37,39-41,63H,13-24,51-53H2,1-12H3,(H,54,64)(H,55,68)(H,56,70)(H,57,71)(H,58,72)(H,59,69)(H,60,65)(H,61,66)(H,62,67)/t29?,30?,31?,32?,33?,34?,35?,36?,37?,39-,40?,41?/m0/s1. The molecule has 24 nitrogen and oxygen atoms in total. The number of carbonyl (C=O) groups excluding carboxylic acids is 10. The first kappa shape index (κ1) is 66.6. The molecule has 74 heavy (non-hydrogen) atoms. The molecule has 0 aromatic heterocycles. The summed E-state index contributed by atoms with van der Waals surface area (Å²) in [6.07, 6.45) is -0.828. The van der Waals surface area contributed by atoms with Crippen molar-refractivity contribution in [3.8, 4) is 0 Å². The molecule has 1 fully saturated rings. The molecule has 0 radical (unpaired) electrons. The van der Waals surface area contributed by atoms with Gasteiger partial charge in [0.15, 0.2) is 6.04 Å². The van der Waals surface area contributed by atoms with Crippen LogP contribution in [-0.2, 0) is 52.7 Å². The molecule has 1 rings (SSSR count). The fourth-order valence-corrected chi connectivity index (χ4v) is 8.04. The average molecular weight is 1050 g/mol. The van der Waals surface area contributed by atoms with Crippen LogP contribution < -0.4 is 65.1 Å². The fraction of sp³-hybridized carbons (Fsp3) is 0.800. The van der Waals surface area contributed by atoms with Crippen LogP contribution in [0.3, 0.4) is 0 Å². The maximum atomic E-state index is 14.2.